The minimum absolute atomic E-state index is 0.927. The Kier molecular flexibility index (Phi) is 5.56. The van der Waals surface area contributed by atoms with Crippen molar-refractivity contribution in [2.45, 2.75) is 12.8 Å². The van der Waals surface area contributed by atoms with Gasteiger partial charge in [0.25, 0.3) is 0 Å². The molecule has 2 heteroatoms. The van der Waals surface area contributed by atoms with Gasteiger partial charge in [-0.2, -0.15) is 0 Å². The highest BCUT2D eigenvalue weighted by molar-refractivity contribution is 5.29. The van der Waals surface area contributed by atoms with Crippen LogP contribution in [0, 0.1) is 0 Å². The number of allylic oxidation sites excluding steroid dienone is 1. The number of ether oxygens (including phenoxy) is 1. The van der Waals surface area contributed by atoms with E-state index in [1.54, 1.807) is 7.11 Å². The van der Waals surface area contributed by atoms with Crippen LogP contribution in [0.25, 0.3) is 0 Å². The second-order valence-electron chi connectivity index (χ2n) is 3.42. The lowest BCUT2D eigenvalue weighted by Crippen LogP contribution is -2.05. The maximum atomic E-state index is 5.17. The zero-order chi connectivity index (χ0) is 10.9. The number of nitrogens with one attached hydrogen (secondary N) is 1. The molecule has 0 radical (unpaired) electrons. The summed E-state index contributed by atoms with van der Waals surface area (Å²) in [6.07, 6.45) is 6.46. The third-order valence-corrected chi connectivity index (χ3v) is 2.22. The van der Waals surface area contributed by atoms with E-state index in [0.717, 1.165) is 25.1 Å². The average molecular weight is 205 g/mol. The van der Waals surface area contributed by atoms with E-state index >= 15 is 0 Å². The van der Waals surface area contributed by atoms with Crippen LogP contribution in [0.1, 0.15) is 12.0 Å². The van der Waals surface area contributed by atoms with Gasteiger partial charge in [0, 0.05) is 0 Å². The Labute approximate surface area is 92.0 Å². The van der Waals surface area contributed by atoms with E-state index in [9.17, 15) is 0 Å². The van der Waals surface area contributed by atoms with Crippen LogP contribution in [0.5, 0.6) is 5.75 Å². The standard InChI is InChI=1S/C13H19NO/c1-14-10-5-3-4-7-12-8-6-9-13(11-12)15-2/h3-4,6,8-9,11,14H,5,7,10H2,1-2H3. The highest BCUT2D eigenvalue weighted by Crippen LogP contribution is 2.13. The number of hydrogen-bond acceptors (Lipinski definition) is 2. The molecular formula is C13H19NO. The van der Waals surface area contributed by atoms with Crippen LogP contribution >= 0.6 is 0 Å². The lowest BCUT2D eigenvalue weighted by Gasteiger charge is -2.01. The third kappa shape index (κ3) is 4.66. The predicted molar refractivity (Wildman–Crippen MR) is 64.4 cm³/mol. The van der Waals surface area contributed by atoms with Gasteiger partial charge in [-0.1, -0.05) is 24.3 Å². The van der Waals surface area contributed by atoms with Gasteiger partial charge in [0.2, 0.25) is 0 Å². The molecular weight excluding hydrogens is 186 g/mol. The first-order valence-corrected chi connectivity index (χ1v) is 5.29. The molecule has 0 saturated heterocycles. The number of rotatable bonds is 6. The molecule has 0 aromatic heterocycles. The van der Waals surface area contributed by atoms with Gasteiger partial charge in [-0.25, -0.2) is 0 Å². The Morgan fingerprint density at radius 2 is 2.20 bits per heavy atom. The Balaban J connectivity index is 2.39. The van der Waals surface area contributed by atoms with Crippen LogP contribution in [0.15, 0.2) is 36.4 Å². The van der Waals surface area contributed by atoms with E-state index in [1.165, 1.54) is 5.56 Å². The smallest absolute Gasteiger partial charge is 0.119 e. The van der Waals surface area contributed by atoms with Gasteiger partial charge >= 0.3 is 0 Å². The summed E-state index contributed by atoms with van der Waals surface area (Å²) in [5.74, 6) is 0.927. The molecule has 0 atom stereocenters. The largest absolute Gasteiger partial charge is 0.497 e. The predicted octanol–water partition coefficient (Wildman–Crippen LogP) is 2.40. The lowest BCUT2D eigenvalue weighted by atomic mass is 10.1. The van der Waals surface area contributed by atoms with Gasteiger partial charge in [0.1, 0.15) is 5.75 Å². The fourth-order valence-corrected chi connectivity index (χ4v) is 1.36. The SMILES string of the molecule is CNCCC=CCc1cccc(OC)c1. The molecule has 0 aliphatic heterocycles. The molecule has 2 nitrogen and oxygen atoms in total. The van der Waals surface area contributed by atoms with E-state index in [0.29, 0.717) is 0 Å². The first-order chi connectivity index (χ1) is 7.36. The van der Waals surface area contributed by atoms with Gasteiger partial charge in [-0.05, 0) is 44.1 Å². The monoisotopic (exact) mass is 205 g/mol. The maximum absolute atomic E-state index is 5.17. The average Bonchev–Trinajstić information content (AvgIpc) is 2.29. The summed E-state index contributed by atoms with van der Waals surface area (Å²) in [5.41, 5.74) is 1.29. The highest BCUT2D eigenvalue weighted by Gasteiger charge is 1.92. The number of methoxy groups -OCH3 is 1. The van der Waals surface area contributed by atoms with Crippen molar-refractivity contribution in [1.82, 2.24) is 5.32 Å². The summed E-state index contributed by atoms with van der Waals surface area (Å²) in [5, 5.41) is 3.11. The van der Waals surface area contributed by atoms with E-state index in [-0.39, 0.29) is 0 Å². The Bertz CT molecular complexity index is 307. The molecule has 1 aromatic carbocycles. The second kappa shape index (κ2) is 7.07. The molecule has 15 heavy (non-hydrogen) atoms. The molecule has 0 saturated carbocycles. The summed E-state index contributed by atoms with van der Waals surface area (Å²) < 4.78 is 5.17. The van der Waals surface area contributed by atoms with Crippen LogP contribution in [0.4, 0.5) is 0 Å². The molecule has 0 unspecified atom stereocenters. The van der Waals surface area contributed by atoms with Crippen LogP contribution in [0.3, 0.4) is 0 Å². The van der Waals surface area contributed by atoms with Crippen LogP contribution in [-0.2, 0) is 6.42 Å². The van der Waals surface area contributed by atoms with Gasteiger partial charge in [-0.15, -0.1) is 0 Å². The fourth-order valence-electron chi connectivity index (χ4n) is 1.36. The summed E-state index contributed by atoms with van der Waals surface area (Å²) >= 11 is 0. The zero-order valence-electron chi connectivity index (χ0n) is 9.49. The van der Waals surface area contributed by atoms with E-state index in [2.05, 4.69) is 29.6 Å². The second-order valence-corrected chi connectivity index (χ2v) is 3.42. The Hall–Kier alpha value is -1.28. The van der Waals surface area contributed by atoms with Crippen molar-refractivity contribution in [3.63, 3.8) is 0 Å². The fraction of sp³-hybridized carbons (Fsp3) is 0.385. The molecule has 1 aromatic rings. The molecule has 82 valence electrons. The van der Waals surface area contributed by atoms with Crippen molar-refractivity contribution >= 4 is 0 Å². The molecule has 0 fully saturated rings. The van der Waals surface area contributed by atoms with Crippen LogP contribution in [-0.4, -0.2) is 20.7 Å². The van der Waals surface area contributed by atoms with Crippen LogP contribution in [0.2, 0.25) is 0 Å². The van der Waals surface area contributed by atoms with Crippen molar-refractivity contribution in [3.8, 4) is 5.75 Å². The van der Waals surface area contributed by atoms with E-state index < -0.39 is 0 Å². The molecule has 1 N–H and O–H groups in total. The van der Waals surface area contributed by atoms with E-state index in [4.69, 9.17) is 4.74 Å². The van der Waals surface area contributed by atoms with Crippen LogP contribution < -0.4 is 10.1 Å². The molecule has 0 amide bonds. The third-order valence-electron chi connectivity index (χ3n) is 2.22. The summed E-state index contributed by atoms with van der Waals surface area (Å²) in [6.45, 7) is 1.04. The Morgan fingerprint density at radius 3 is 2.93 bits per heavy atom. The lowest BCUT2D eigenvalue weighted by molar-refractivity contribution is 0.414. The first kappa shape index (κ1) is 11.8. The van der Waals surface area contributed by atoms with E-state index in [1.807, 2.05) is 19.2 Å². The molecule has 0 aliphatic rings. The van der Waals surface area contributed by atoms with Crippen molar-refractivity contribution in [2.24, 2.45) is 0 Å². The zero-order valence-corrected chi connectivity index (χ0v) is 9.49. The molecule has 0 bridgehead atoms. The van der Waals surface area contributed by atoms with Crippen molar-refractivity contribution in [1.29, 1.82) is 0 Å². The summed E-state index contributed by atoms with van der Waals surface area (Å²) in [6, 6.07) is 8.18. The summed E-state index contributed by atoms with van der Waals surface area (Å²) in [7, 11) is 3.66. The van der Waals surface area contributed by atoms with Crippen molar-refractivity contribution in [2.75, 3.05) is 20.7 Å². The first-order valence-electron chi connectivity index (χ1n) is 5.29. The van der Waals surface area contributed by atoms with Gasteiger partial charge < -0.3 is 10.1 Å². The minimum atomic E-state index is 0.927. The van der Waals surface area contributed by atoms with Gasteiger partial charge in [0.05, 0.1) is 7.11 Å². The minimum Gasteiger partial charge on any atom is -0.497 e. The molecule has 0 aliphatic carbocycles. The summed E-state index contributed by atoms with van der Waals surface area (Å²) in [4.78, 5) is 0. The quantitative estimate of drug-likeness (QED) is 0.569. The molecule has 0 heterocycles. The normalized spacial score (nSPS) is 10.8. The number of hydrogen-bond donors (Lipinski definition) is 1. The number of benzene rings is 1. The maximum Gasteiger partial charge on any atom is 0.119 e. The van der Waals surface area contributed by atoms with Gasteiger partial charge in [0.15, 0.2) is 0 Å². The Morgan fingerprint density at radius 1 is 1.33 bits per heavy atom. The molecule has 1 rings (SSSR count). The van der Waals surface area contributed by atoms with Crippen molar-refractivity contribution < 1.29 is 4.74 Å². The molecule has 0 spiro atoms. The topological polar surface area (TPSA) is 21.3 Å². The van der Waals surface area contributed by atoms with Crippen molar-refractivity contribution in [3.05, 3.63) is 42.0 Å². The van der Waals surface area contributed by atoms with Gasteiger partial charge in [-0.3, -0.25) is 0 Å². The highest BCUT2D eigenvalue weighted by atomic mass is 16.5.